The number of hydrogen-bond acceptors (Lipinski definition) is 4. The van der Waals surface area contributed by atoms with Crippen LogP contribution in [0.4, 0.5) is 0 Å². The Labute approximate surface area is 124 Å². The number of carbonyl (C=O) groups is 2. The zero-order valence-corrected chi connectivity index (χ0v) is 12.7. The van der Waals surface area contributed by atoms with Crippen LogP contribution in [-0.4, -0.2) is 29.3 Å². The third kappa shape index (κ3) is 6.90. The van der Waals surface area contributed by atoms with Gasteiger partial charge in [0.05, 0.1) is 6.61 Å². The van der Waals surface area contributed by atoms with Crippen LogP contribution >= 0.6 is 0 Å². The van der Waals surface area contributed by atoms with E-state index >= 15 is 0 Å². The molecular formula is C16H22O5. The van der Waals surface area contributed by atoms with Crippen molar-refractivity contribution in [1.82, 2.24) is 0 Å². The normalized spacial score (nSPS) is 12.7. The van der Waals surface area contributed by atoms with Gasteiger partial charge in [0.1, 0.15) is 5.60 Å². The Balaban J connectivity index is 2.41. The fourth-order valence-corrected chi connectivity index (χ4v) is 1.68. The second-order valence-electron chi connectivity index (χ2n) is 5.75. The molecule has 1 atom stereocenters. The fourth-order valence-electron chi connectivity index (χ4n) is 1.68. The molecule has 1 rings (SSSR count). The van der Waals surface area contributed by atoms with E-state index in [2.05, 4.69) is 0 Å². The number of rotatable bonds is 7. The molecule has 5 nitrogen and oxygen atoms in total. The zero-order valence-electron chi connectivity index (χ0n) is 12.7. The molecule has 0 fully saturated rings. The van der Waals surface area contributed by atoms with E-state index in [1.807, 2.05) is 30.3 Å². The third-order valence-electron chi connectivity index (χ3n) is 2.65. The topological polar surface area (TPSA) is 72.8 Å². The predicted octanol–water partition coefficient (Wildman–Crippen LogP) is 2.64. The molecule has 0 spiro atoms. The molecule has 0 aliphatic heterocycles. The Kier molecular flexibility index (Phi) is 6.37. The van der Waals surface area contributed by atoms with Gasteiger partial charge in [-0.3, -0.25) is 9.59 Å². The van der Waals surface area contributed by atoms with Crippen molar-refractivity contribution in [2.24, 2.45) is 5.92 Å². The summed E-state index contributed by atoms with van der Waals surface area (Å²) in [6, 6.07) is 9.55. The van der Waals surface area contributed by atoms with Crippen molar-refractivity contribution < 1.29 is 24.2 Å². The summed E-state index contributed by atoms with van der Waals surface area (Å²) in [7, 11) is 0. The molecule has 0 bridgehead atoms. The highest BCUT2D eigenvalue weighted by molar-refractivity contribution is 5.94. The smallest absolute Gasteiger partial charge is 0.320 e. The van der Waals surface area contributed by atoms with Crippen molar-refractivity contribution in [3.05, 3.63) is 35.9 Å². The van der Waals surface area contributed by atoms with Gasteiger partial charge in [0.2, 0.25) is 0 Å². The van der Waals surface area contributed by atoms with Gasteiger partial charge in [0.25, 0.3) is 0 Å². The minimum absolute atomic E-state index is 0.0943. The van der Waals surface area contributed by atoms with Crippen LogP contribution in [0.2, 0.25) is 0 Å². The van der Waals surface area contributed by atoms with Crippen molar-refractivity contribution >= 4 is 11.9 Å². The molecule has 0 radical (unpaired) electrons. The molecule has 116 valence electrons. The Morgan fingerprint density at radius 1 is 1.19 bits per heavy atom. The molecule has 0 heterocycles. The first-order valence-electron chi connectivity index (χ1n) is 6.87. The molecule has 1 unspecified atom stereocenters. The van der Waals surface area contributed by atoms with E-state index in [0.29, 0.717) is 6.61 Å². The summed E-state index contributed by atoms with van der Waals surface area (Å²) < 4.78 is 10.5. The first kappa shape index (κ1) is 17.2. The molecule has 21 heavy (non-hydrogen) atoms. The quantitative estimate of drug-likeness (QED) is 0.475. The largest absolute Gasteiger partial charge is 0.481 e. The average molecular weight is 294 g/mol. The van der Waals surface area contributed by atoms with Gasteiger partial charge in [0.15, 0.2) is 5.92 Å². The number of carboxylic acids is 1. The Morgan fingerprint density at radius 2 is 1.81 bits per heavy atom. The maximum Gasteiger partial charge on any atom is 0.320 e. The van der Waals surface area contributed by atoms with Crippen LogP contribution in [0.3, 0.4) is 0 Å². The molecule has 0 aromatic heterocycles. The van der Waals surface area contributed by atoms with Gasteiger partial charge >= 0.3 is 11.9 Å². The molecule has 1 N–H and O–H groups in total. The van der Waals surface area contributed by atoms with Crippen molar-refractivity contribution in [3.63, 3.8) is 0 Å². The maximum absolute atomic E-state index is 11.8. The molecule has 0 aliphatic carbocycles. The van der Waals surface area contributed by atoms with Gasteiger partial charge in [0, 0.05) is 6.61 Å². The number of carboxylic acid groups (broad SMARTS) is 1. The number of ether oxygens (including phenoxy) is 2. The highest BCUT2D eigenvalue weighted by atomic mass is 16.6. The highest BCUT2D eigenvalue weighted by Gasteiger charge is 2.30. The van der Waals surface area contributed by atoms with Crippen LogP contribution in [0.15, 0.2) is 30.3 Å². The van der Waals surface area contributed by atoms with Gasteiger partial charge < -0.3 is 14.6 Å². The summed E-state index contributed by atoms with van der Waals surface area (Å²) in [5.74, 6) is -3.11. The zero-order chi connectivity index (χ0) is 15.9. The van der Waals surface area contributed by atoms with Crippen LogP contribution in [-0.2, 0) is 25.7 Å². The Hall–Kier alpha value is -1.88. The number of aliphatic carboxylic acids is 1. The standard InChI is InChI=1S/C16H22O5/c1-16(2,3)21-15(19)13(14(17)18)9-10-20-11-12-7-5-4-6-8-12/h4-8,13H,9-11H2,1-3H3,(H,17,18). The van der Waals surface area contributed by atoms with Crippen molar-refractivity contribution in [2.75, 3.05) is 6.61 Å². The lowest BCUT2D eigenvalue weighted by molar-refractivity contribution is -0.167. The van der Waals surface area contributed by atoms with E-state index in [-0.39, 0.29) is 13.0 Å². The molecule has 0 amide bonds. The second-order valence-corrected chi connectivity index (χ2v) is 5.75. The van der Waals surface area contributed by atoms with Crippen LogP contribution in [0.25, 0.3) is 0 Å². The van der Waals surface area contributed by atoms with E-state index in [4.69, 9.17) is 14.6 Å². The molecule has 1 aromatic rings. The van der Waals surface area contributed by atoms with Gasteiger partial charge in [-0.15, -0.1) is 0 Å². The van der Waals surface area contributed by atoms with E-state index in [1.54, 1.807) is 20.8 Å². The summed E-state index contributed by atoms with van der Waals surface area (Å²) in [4.78, 5) is 22.9. The van der Waals surface area contributed by atoms with Crippen molar-refractivity contribution in [3.8, 4) is 0 Å². The monoisotopic (exact) mass is 294 g/mol. The van der Waals surface area contributed by atoms with E-state index in [0.717, 1.165) is 5.56 Å². The number of hydrogen-bond donors (Lipinski definition) is 1. The summed E-state index contributed by atoms with van der Waals surface area (Å²) in [5.41, 5.74) is 0.303. The van der Waals surface area contributed by atoms with E-state index < -0.39 is 23.5 Å². The van der Waals surface area contributed by atoms with Crippen LogP contribution in [0.1, 0.15) is 32.8 Å². The minimum Gasteiger partial charge on any atom is -0.481 e. The Morgan fingerprint density at radius 3 is 2.33 bits per heavy atom. The van der Waals surface area contributed by atoms with Gasteiger partial charge in [-0.2, -0.15) is 0 Å². The molecule has 5 heteroatoms. The minimum atomic E-state index is -1.19. The molecule has 0 aliphatic rings. The third-order valence-corrected chi connectivity index (χ3v) is 2.65. The summed E-state index contributed by atoms with van der Waals surface area (Å²) in [6.07, 6.45) is 0.0943. The maximum atomic E-state index is 11.8. The SMILES string of the molecule is CC(C)(C)OC(=O)C(CCOCc1ccccc1)C(=O)O. The molecule has 0 saturated heterocycles. The van der Waals surface area contributed by atoms with Crippen molar-refractivity contribution in [2.45, 2.75) is 39.4 Å². The first-order valence-corrected chi connectivity index (χ1v) is 6.87. The summed E-state index contributed by atoms with van der Waals surface area (Å²) >= 11 is 0. The lowest BCUT2D eigenvalue weighted by atomic mass is 10.1. The van der Waals surface area contributed by atoms with Crippen LogP contribution in [0, 0.1) is 5.92 Å². The molecule has 0 saturated carbocycles. The number of benzene rings is 1. The highest BCUT2D eigenvalue weighted by Crippen LogP contribution is 2.14. The average Bonchev–Trinajstić information content (AvgIpc) is 2.37. The van der Waals surface area contributed by atoms with E-state index in [9.17, 15) is 9.59 Å². The van der Waals surface area contributed by atoms with Crippen molar-refractivity contribution in [1.29, 1.82) is 0 Å². The van der Waals surface area contributed by atoms with Gasteiger partial charge in [-0.1, -0.05) is 30.3 Å². The lowest BCUT2D eigenvalue weighted by Crippen LogP contribution is -2.33. The lowest BCUT2D eigenvalue weighted by Gasteiger charge is -2.22. The van der Waals surface area contributed by atoms with Gasteiger partial charge in [-0.25, -0.2) is 0 Å². The first-order chi connectivity index (χ1) is 9.79. The molecular weight excluding hydrogens is 272 g/mol. The summed E-state index contributed by atoms with van der Waals surface area (Å²) in [5, 5.41) is 9.10. The van der Waals surface area contributed by atoms with Gasteiger partial charge in [-0.05, 0) is 32.8 Å². The van der Waals surface area contributed by atoms with E-state index in [1.165, 1.54) is 0 Å². The predicted molar refractivity (Wildman–Crippen MR) is 77.7 cm³/mol. The van der Waals surface area contributed by atoms with Crippen LogP contribution < -0.4 is 0 Å². The fraction of sp³-hybridized carbons (Fsp3) is 0.500. The second kappa shape index (κ2) is 7.78. The number of esters is 1. The number of carbonyl (C=O) groups excluding carboxylic acids is 1. The summed E-state index contributed by atoms with van der Waals surface area (Å²) in [6.45, 7) is 5.69. The molecule has 1 aromatic carbocycles. The van der Waals surface area contributed by atoms with Crippen LogP contribution in [0.5, 0.6) is 0 Å². The Bertz CT molecular complexity index is 461.